The van der Waals surface area contributed by atoms with Crippen molar-refractivity contribution in [3.05, 3.63) is 28.0 Å². The van der Waals surface area contributed by atoms with Crippen LogP contribution in [0.2, 0.25) is 10.0 Å². The fourth-order valence-electron chi connectivity index (χ4n) is 2.48. The van der Waals surface area contributed by atoms with Crippen LogP contribution in [0.4, 0.5) is 4.39 Å². The van der Waals surface area contributed by atoms with Crippen LogP contribution in [0.3, 0.4) is 0 Å². The highest BCUT2D eigenvalue weighted by Gasteiger charge is 2.30. The van der Waals surface area contributed by atoms with Gasteiger partial charge in [-0.2, -0.15) is 0 Å². The Morgan fingerprint density at radius 1 is 1.37 bits per heavy atom. The van der Waals surface area contributed by atoms with Crippen molar-refractivity contribution in [2.45, 2.75) is 26.4 Å². The average Bonchev–Trinajstić information content (AvgIpc) is 2.88. The summed E-state index contributed by atoms with van der Waals surface area (Å²) in [5.74, 6) is 0.304. The zero-order valence-corrected chi connectivity index (χ0v) is 12.6. The molecule has 1 fully saturated rings. The van der Waals surface area contributed by atoms with Crippen molar-refractivity contribution in [2.75, 3.05) is 13.1 Å². The van der Waals surface area contributed by atoms with Gasteiger partial charge < -0.3 is 10.1 Å². The highest BCUT2D eigenvalue weighted by Crippen LogP contribution is 2.33. The summed E-state index contributed by atoms with van der Waals surface area (Å²) in [4.78, 5) is 0. The maximum atomic E-state index is 14.0. The van der Waals surface area contributed by atoms with Gasteiger partial charge in [-0.05, 0) is 31.0 Å². The second kappa shape index (κ2) is 6.29. The van der Waals surface area contributed by atoms with E-state index < -0.39 is 5.82 Å². The fourth-order valence-corrected chi connectivity index (χ4v) is 2.78. The predicted molar refractivity (Wildman–Crippen MR) is 76.7 cm³/mol. The van der Waals surface area contributed by atoms with Gasteiger partial charge in [-0.15, -0.1) is 0 Å². The van der Waals surface area contributed by atoms with Gasteiger partial charge >= 0.3 is 0 Å². The normalized spacial score (nSPS) is 20.8. The molecule has 0 aliphatic carbocycles. The summed E-state index contributed by atoms with van der Waals surface area (Å²) in [6.07, 6.45) is 1.02. The molecule has 1 aliphatic rings. The molecular formula is C14H18Cl2FNO. The number of halogens is 3. The van der Waals surface area contributed by atoms with Gasteiger partial charge in [-0.25, -0.2) is 4.39 Å². The molecule has 2 atom stereocenters. The molecule has 1 aromatic rings. The monoisotopic (exact) mass is 305 g/mol. The summed E-state index contributed by atoms with van der Waals surface area (Å²) < 4.78 is 19.9. The quantitative estimate of drug-likeness (QED) is 0.844. The Bertz CT molecular complexity index is 447. The lowest BCUT2D eigenvalue weighted by Gasteiger charge is -2.28. The number of hydrogen-bond acceptors (Lipinski definition) is 2. The van der Waals surface area contributed by atoms with Crippen LogP contribution in [0.1, 0.15) is 20.3 Å². The fraction of sp³-hybridized carbons (Fsp3) is 0.571. The van der Waals surface area contributed by atoms with E-state index in [1.165, 1.54) is 0 Å². The maximum Gasteiger partial charge on any atom is 0.185 e. The van der Waals surface area contributed by atoms with Crippen molar-refractivity contribution in [3.8, 4) is 5.75 Å². The molecule has 0 radical (unpaired) electrons. The van der Waals surface area contributed by atoms with E-state index in [4.69, 9.17) is 27.9 Å². The van der Waals surface area contributed by atoms with E-state index in [1.807, 2.05) is 0 Å². The van der Waals surface area contributed by atoms with E-state index in [-0.39, 0.29) is 21.9 Å². The molecule has 5 heteroatoms. The molecule has 0 bridgehead atoms. The first-order valence-electron chi connectivity index (χ1n) is 6.51. The van der Waals surface area contributed by atoms with Crippen LogP contribution in [0.15, 0.2) is 12.1 Å². The van der Waals surface area contributed by atoms with Crippen molar-refractivity contribution < 1.29 is 9.13 Å². The van der Waals surface area contributed by atoms with Gasteiger partial charge in [0.25, 0.3) is 0 Å². The third-order valence-corrected chi connectivity index (χ3v) is 4.26. The first-order chi connectivity index (χ1) is 9.00. The van der Waals surface area contributed by atoms with Gasteiger partial charge in [0.2, 0.25) is 0 Å². The summed E-state index contributed by atoms with van der Waals surface area (Å²) >= 11 is 11.6. The minimum absolute atomic E-state index is 0.0262. The topological polar surface area (TPSA) is 21.3 Å². The number of nitrogens with one attached hydrogen (secondary N) is 1. The standard InChI is InChI=1S/C14H18Cl2FNO/c1-8(2)14(9-5-6-18-7-9)19-11-4-3-10(15)12(16)13(11)17/h3-4,8-9,14,18H,5-7H2,1-2H3/t9-,14-/m1/s1. The molecule has 1 aromatic carbocycles. The molecule has 0 unspecified atom stereocenters. The highest BCUT2D eigenvalue weighted by molar-refractivity contribution is 6.42. The van der Waals surface area contributed by atoms with E-state index in [9.17, 15) is 4.39 Å². The van der Waals surface area contributed by atoms with Gasteiger partial charge in [0.15, 0.2) is 11.6 Å². The van der Waals surface area contributed by atoms with Crippen molar-refractivity contribution in [2.24, 2.45) is 11.8 Å². The van der Waals surface area contributed by atoms with Crippen LogP contribution in [0.5, 0.6) is 5.75 Å². The lowest BCUT2D eigenvalue weighted by atomic mass is 9.92. The Labute approximate surface area is 123 Å². The van der Waals surface area contributed by atoms with Crippen LogP contribution in [-0.2, 0) is 0 Å². The molecule has 1 saturated heterocycles. The van der Waals surface area contributed by atoms with Crippen LogP contribution in [0.25, 0.3) is 0 Å². The summed E-state index contributed by atoms with van der Waals surface area (Å²) in [5, 5.41) is 3.43. The van der Waals surface area contributed by atoms with Crippen LogP contribution >= 0.6 is 23.2 Å². The first kappa shape index (κ1) is 14.9. The van der Waals surface area contributed by atoms with E-state index in [1.54, 1.807) is 12.1 Å². The number of hydrogen-bond donors (Lipinski definition) is 1. The molecule has 106 valence electrons. The molecule has 19 heavy (non-hydrogen) atoms. The lowest BCUT2D eigenvalue weighted by molar-refractivity contribution is 0.0928. The number of rotatable bonds is 4. The SMILES string of the molecule is CC(C)[C@@H](Oc1ccc(Cl)c(Cl)c1F)[C@@H]1CCNC1. The highest BCUT2D eigenvalue weighted by atomic mass is 35.5. The number of benzene rings is 1. The van der Waals surface area contributed by atoms with Crippen molar-refractivity contribution in [3.63, 3.8) is 0 Å². The Morgan fingerprint density at radius 2 is 2.11 bits per heavy atom. The Balaban J connectivity index is 2.19. The minimum Gasteiger partial charge on any atom is -0.487 e. The molecule has 1 aliphatic heterocycles. The van der Waals surface area contributed by atoms with E-state index in [0.29, 0.717) is 11.8 Å². The van der Waals surface area contributed by atoms with Crippen LogP contribution < -0.4 is 10.1 Å². The molecule has 1 N–H and O–H groups in total. The Kier molecular flexibility index (Phi) is 4.93. The average molecular weight is 306 g/mol. The first-order valence-corrected chi connectivity index (χ1v) is 7.27. The Morgan fingerprint density at radius 3 is 2.68 bits per heavy atom. The summed E-state index contributed by atoms with van der Waals surface area (Å²) in [7, 11) is 0. The zero-order chi connectivity index (χ0) is 14.0. The van der Waals surface area contributed by atoms with Gasteiger partial charge in [-0.1, -0.05) is 37.0 Å². The van der Waals surface area contributed by atoms with E-state index in [0.717, 1.165) is 19.5 Å². The largest absolute Gasteiger partial charge is 0.487 e. The second-order valence-electron chi connectivity index (χ2n) is 5.25. The van der Waals surface area contributed by atoms with Crippen molar-refractivity contribution in [1.82, 2.24) is 5.32 Å². The second-order valence-corrected chi connectivity index (χ2v) is 6.04. The van der Waals surface area contributed by atoms with Gasteiger partial charge in [0, 0.05) is 12.5 Å². The van der Waals surface area contributed by atoms with Gasteiger partial charge in [-0.3, -0.25) is 0 Å². The minimum atomic E-state index is -0.578. The third-order valence-electron chi connectivity index (χ3n) is 3.48. The maximum absolute atomic E-state index is 14.0. The molecule has 0 amide bonds. The van der Waals surface area contributed by atoms with Crippen molar-refractivity contribution >= 4 is 23.2 Å². The third kappa shape index (κ3) is 3.33. The smallest absolute Gasteiger partial charge is 0.185 e. The van der Waals surface area contributed by atoms with Crippen molar-refractivity contribution in [1.29, 1.82) is 0 Å². The molecule has 1 heterocycles. The van der Waals surface area contributed by atoms with E-state index in [2.05, 4.69) is 19.2 Å². The zero-order valence-electron chi connectivity index (χ0n) is 11.1. The van der Waals surface area contributed by atoms with Gasteiger partial charge in [0.1, 0.15) is 6.10 Å². The lowest BCUT2D eigenvalue weighted by Crippen LogP contribution is -2.33. The van der Waals surface area contributed by atoms with Crippen LogP contribution in [-0.4, -0.2) is 19.2 Å². The van der Waals surface area contributed by atoms with E-state index >= 15 is 0 Å². The molecule has 2 nitrogen and oxygen atoms in total. The summed E-state index contributed by atoms with van der Waals surface area (Å²) in [6, 6.07) is 3.11. The number of ether oxygens (including phenoxy) is 1. The predicted octanol–water partition coefficient (Wildman–Crippen LogP) is 4.15. The molecule has 2 rings (SSSR count). The molecule has 0 aromatic heterocycles. The summed E-state index contributed by atoms with van der Waals surface area (Å²) in [5.41, 5.74) is 0. The van der Waals surface area contributed by atoms with Crippen LogP contribution in [0, 0.1) is 17.7 Å². The molecule has 0 saturated carbocycles. The molecule has 0 spiro atoms. The molecular weight excluding hydrogens is 288 g/mol. The Hall–Kier alpha value is -0.510. The summed E-state index contributed by atoms with van der Waals surface area (Å²) in [6.45, 7) is 6.06. The van der Waals surface area contributed by atoms with Gasteiger partial charge in [0.05, 0.1) is 10.0 Å².